The Morgan fingerprint density at radius 2 is 1.71 bits per heavy atom. The Morgan fingerprint density at radius 3 is 2.24 bits per heavy atom. The Kier molecular flexibility index (Phi) is 16.1. The molecule has 1 saturated heterocycles. The van der Waals surface area contributed by atoms with Crippen molar-refractivity contribution in [2.45, 2.75) is 93.9 Å². The maximum atomic E-state index is 12.7. The predicted molar refractivity (Wildman–Crippen MR) is 190 cm³/mol. The number of pyridine rings is 1. The van der Waals surface area contributed by atoms with Crippen molar-refractivity contribution in [2.75, 3.05) is 26.2 Å². The van der Waals surface area contributed by atoms with Gasteiger partial charge in [0.1, 0.15) is 0 Å². The minimum absolute atomic E-state index is 0.0931. The van der Waals surface area contributed by atoms with Gasteiger partial charge >= 0.3 is 0 Å². The molecule has 6 nitrogen and oxygen atoms in total. The van der Waals surface area contributed by atoms with Crippen molar-refractivity contribution in [3.63, 3.8) is 0 Å². The van der Waals surface area contributed by atoms with E-state index in [-0.39, 0.29) is 5.41 Å². The summed E-state index contributed by atoms with van der Waals surface area (Å²) in [5.74, 6) is 0.332. The number of nitrogens with zero attached hydrogens (tertiary/aromatic N) is 5. The summed E-state index contributed by atoms with van der Waals surface area (Å²) in [7, 11) is 0. The molecule has 6 heteroatoms. The lowest BCUT2D eigenvalue weighted by atomic mass is 9.95. The first-order chi connectivity index (χ1) is 21.6. The van der Waals surface area contributed by atoms with Crippen LogP contribution in [-0.2, 0) is 4.79 Å². The largest absolute Gasteiger partial charge is 0.371 e. The number of carbonyl (C=O) groups is 1. The van der Waals surface area contributed by atoms with E-state index in [1.807, 2.05) is 54.9 Å². The quantitative estimate of drug-likeness (QED) is 0.135. The second kappa shape index (κ2) is 19.4. The van der Waals surface area contributed by atoms with E-state index in [9.17, 15) is 4.79 Å². The Bertz CT molecular complexity index is 1360. The fourth-order valence-corrected chi connectivity index (χ4v) is 5.27. The van der Waals surface area contributed by atoms with Crippen LogP contribution in [0.1, 0.15) is 99.6 Å². The van der Waals surface area contributed by atoms with Crippen molar-refractivity contribution in [1.82, 2.24) is 14.8 Å². The van der Waals surface area contributed by atoms with E-state index in [2.05, 4.69) is 88.4 Å². The van der Waals surface area contributed by atoms with Crippen LogP contribution in [0.3, 0.4) is 0 Å². The predicted octanol–water partition coefficient (Wildman–Crippen LogP) is 9.24. The SMILES string of the molecule is CC/C=C/C=C(C#N)\C=C(/C)CCC.C\C=C(C(/C(C)=N/C=C/CC)=C(/C)N1CCN(C(=O)C2(C)CC2)CC1)\c1ccccn1. The van der Waals surface area contributed by atoms with Crippen LogP contribution < -0.4 is 0 Å². The lowest BCUT2D eigenvalue weighted by molar-refractivity contribution is -0.137. The van der Waals surface area contributed by atoms with Gasteiger partial charge in [0.05, 0.1) is 17.3 Å². The number of aromatic nitrogens is 1. The van der Waals surface area contributed by atoms with E-state index in [0.717, 1.165) is 92.8 Å². The Morgan fingerprint density at radius 1 is 1.04 bits per heavy atom. The van der Waals surface area contributed by atoms with Gasteiger partial charge in [0.2, 0.25) is 5.91 Å². The van der Waals surface area contributed by atoms with Crippen molar-refractivity contribution in [3.05, 3.63) is 95.2 Å². The van der Waals surface area contributed by atoms with E-state index in [0.29, 0.717) is 5.91 Å². The zero-order chi connectivity index (χ0) is 33.2. The van der Waals surface area contributed by atoms with E-state index < -0.39 is 0 Å². The van der Waals surface area contributed by atoms with Crippen molar-refractivity contribution >= 4 is 17.2 Å². The molecule has 0 N–H and O–H groups in total. The number of hydrogen-bond acceptors (Lipinski definition) is 5. The summed E-state index contributed by atoms with van der Waals surface area (Å²) in [6.45, 7) is 20.0. The number of piperazine rings is 1. The molecule has 0 radical (unpaired) electrons. The van der Waals surface area contributed by atoms with Crippen LogP contribution in [-0.4, -0.2) is 52.6 Å². The molecule has 1 aromatic rings. The third kappa shape index (κ3) is 11.8. The van der Waals surface area contributed by atoms with Crippen LogP contribution in [0.2, 0.25) is 0 Å². The van der Waals surface area contributed by atoms with E-state index in [1.165, 1.54) is 11.3 Å². The van der Waals surface area contributed by atoms with Gasteiger partial charge in [-0.25, -0.2) is 0 Å². The number of amides is 1. The summed E-state index contributed by atoms with van der Waals surface area (Å²) in [6.07, 6.45) is 21.9. The molecule has 0 bridgehead atoms. The zero-order valence-corrected chi connectivity index (χ0v) is 29.1. The highest BCUT2D eigenvalue weighted by Crippen LogP contribution is 2.46. The molecule has 0 unspecified atom stereocenters. The van der Waals surface area contributed by atoms with Crippen LogP contribution in [0.4, 0.5) is 0 Å². The smallest absolute Gasteiger partial charge is 0.228 e. The molecule has 0 aromatic carbocycles. The van der Waals surface area contributed by atoms with Gasteiger partial charge in [0, 0.05) is 66.5 Å². The van der Waals surface area contributed by atoms with Crippen molar-refractivity contribution in [3.8, 4) is 6.07 Å². The molecular weight excluding hydrogens is 554 g/mol. The average Bonchev–Trinajstić information content (AvgIpc) is 3.81. The van der Waals surface area contributed by atoms with Crippen LogP contribution in [0, 0.1) is 16.7 Å². The van der Waals surface area contributed by atoms with E-state index in [4.69, 9.17) is 10.3 Å². The zero-order valence-electron chi connectivity index (χ0n) is 29.1. The molecule has 242 valence electrons. The molecule has 1 aliphatic heterocycles. The normalized spacial score (nSPS) is 18.0. The van der Waals surface area contributed by atoms with Crippen LogP contribution in [0.5, 0.6) is 0 Å². The minimum atomic E-state index is -0.0931. The summed E-state index contributed by atoms with van der Waals surface area (Å²) in [4.78, 5) is 26.5. The first-order valence-corrected chi connectivity index (χ1v) is 16.6. The lowest BCUT2D eigenvalue weighted by Crippen LogP contribution is -2.50. The number of nitriles is 1. The second-order valence-corrected chi connectivity index (χ2v) is 12.0. The lowest BCUT2D eigenvalue weighted by Gasteiger charge is -2.38. The van der Waals surface area contributed by atoms with Gasteiger partial charge in [-0.05, 0) is 84.1 Å². The molecular formula is C39H55N5O. The van der Waals surface area contributed by atoms with Crippen LogP contribution in [0.15, 0.2) is 94.5 Å². The van der Waals surface area contributed by atoms with Crippen LogP contribution >= 0.6 is 0 Å². The fraction of sp³-hybridized carbons (Fsp3) is 0.487. The molecule has 0 spiro atoms. The monoisotopic (exact) mass is 609 g/mol. The second-order valence-electron chi connectivity index (χ2n) is 12.0. The maximum Gasteiger partial charge on any atom is 0.228 e. The van der Waals surface area contributed by atoms with Gasteiger partial charge in [0.15, 0.2) is 0 Å². The number of aliphatic imine (C=N–C) groups is 1. The van der Waals surface area contributed by atoms with E-state index in [1.54, 1.807) is 0 Å². The standard InChI is InChI=1S/C26H36N4O.C13H19N/c1-6-8-14-27-20(3)24(22(7-2)23-11-9-10-15-28-23)21(4)29-16-18-30(19-17-29)25(31)26(5)12-13-26;1-4-6-7-9-13(11-14)10-12(3)8-5-2/h7-11,14-15H,6,12-13,16-19H2,1-5H3;6-7,9-10H,4-5,8H2,1-3H3/b14-8+,22-7-,24-21-,27-20+;7-6+,12-10+,13-9+. The maximum absolute atomic E-state index is 12.7. The highest BCUT2D eigenvalue weighted by Gasteiger charge is 2.47. The number of allylic oxidation sites excluding steroid dienone is 11. The summed E-state index contributed by atoms with van der Waals surface area (Å²) in [6, 6.07) is 8.19. The molecule has 1 amide bonds. The molecule has 2 aliphatic rings. The summed E-state index contributed by atoms with van der Waals surface area (Å²) >= 11 is 0. The van der Waals surface area contributed by atoms with Gasteiger partial charge in [-0.2, -0.15) is 5.26 Å². The van der Waals surface area contributed by atoms with Gasteiger partial charge < -0.3 is 9.80 Å². The molecule has 2 fully saturated rings. The van der Waals surface area contributed by atoms with Crippen molar-refractivity contribution in [2.24, 2.45) is 10.4 Å². The first-order valence-electron chi connectivity index (χ1n) is 16.6. The van der Waals surface area contributed by atoms with Gasteiger partial charge in [-0.1, -0.05) is 70.1 Å². The first kappa shape index (κ1) is 37.2. The molecule has 3 rings (SSSR count). The topological polar surface area (TPSA) is 72.6 Å². The average molecular weight is 610 g/mol. The molecule has 1 saturated carbocycles. The molecule has 45 heavy (non-hydrogen) atoms. The molecule has 1 aromatic heterocycles. The van der Waals surface area contributed by atoms with Crippen molar-refractivity contribution < 1.29 is 4.79 Å². The third-order valence-corrected chi connectivity index (χ3v) is 8.21. The Hall–Kier alpha value is -3.98. The van der Waals surface area contributed by atoms with Gasteiger partial charge in [0.25, 0.3) is 0 Å². The van der Waals surface area contributed by atoms with Crippen molar-refractivity contribution in [1.29, 1.82) is 5.26 Å². The third-order valence-electron chi connectivity index (χ3n) is 8.21. The number of carbonyl (C=O) groups excluding carboxylic acids is 1. The van der Waals surface area contributed by atoms with Gasteiger partial charge in [-0.15, -0.1) is 0 Å². The van der Waals surface area contributed by atoms with E-state index >= 15 is 0 Å². The summed E-state index contributed by atoms with van der Waals surface area (Å²) in [5, 5.41) is 8.85. The Balaban J connectivity index is 0.000000426. The Labute approximate surface area is 273 Å². The van der Waals surface area contributed by atoms with Gasteiger partial charge in [-0.3, -0.25) is 14.8 Å². The number of hydrogen-bond donors (Lipinski definition) is 0. The summed E-state index contributed by atoms with van der Waals surface area (Å²) < 4.78 is 0. The number of rotatable bonds is 12. The minimum Gasteiger partial charge on any atom is -0.371 e. The van der Waals surface area contributed by atoms with Crippen LogP contribution in [0.25, 0.3) is 5.57 Å². The highest BCUT2D eigenvalue weighted by molar-refractivity contribution is 6.12. The summed E-state index contributed by atoms with van der Waals surface area (Å²) in [5.41, 5.74) is 7.24. The highest BCUT2D eigenvalue weighted by atomic mass is 16.2. The molecule has 0 atom stereocenters. The molecule has 2 heterocycles. The fourth-order valence-electron chi connectivity index (χ4n) is 5.27. The molecule has 1 aliphatic carbocycles.